The number of nitro groups is 1. The van der Waals surface area contributed by atoms with E-state index < -0.39 is 10.8 Å². The van der Waals surface area contributed by atoms with Gasteiger partial charge in [-0.3, -0.25) is 14.9 Å². The topological polar surface area (TPSA) is 97.4 Å². The minimum atomic E-state index is -0.663. The molecule has 0 aliphatic heterocycles. The molecule has 1 aromatic carbocycles. The van der Waals surface area contributed by atoms with Gasteiger partial charge in [0, 0.05) is 17.2 Å². The third-order valence-electron chi connectivity index (χ3n) is 2.86. The maximum Gasteiger partial charge on any atom is 0.296 e. The minimum Gasteiger partial charge on any atom is -0.508 e. The lowest BCUT2D eigenvalue weighted by atomic mass is 10.2. The minimum absolute atomic E-state index is 0.0303. The molecule has 0 spiro atoms. The predicted molar refractivity (Wildman–Crippen MR) is 80.5 cm³/mol. The van der Waals surface area contributed by atoms with Gasteiger partial charge in [-0.05, 0) is 41.1 Å². The van der Waals surface area contributed by atoms with Crippen LogP contribution in [0.3, 0.4) is 0 Å². The second kappa shape index (κ2) is 5.96. The second-order valence-electron chi connectivity index (χ2n) is 4.24. The number of phenols is 1. The van der Waals surface area contributed by atoms with Crippen molar-refractivity contribution >= 4 is 33.2 Å². The molecule has 0 radical (unpaired) electrons. The number of aromatic hydroxyl groups is 1. The number of rotatable bonds is 4. The summed E-state index contributed by atoms with van der Waals surface area (Å²) in [7, 11) is 0. The quantitative estimate of drug-likeness (QED) is 0.501. The molecule has 0 bridgehead atoms. The SMILES string of the molecule is CCn1cc(Br)cc1C(=O)Nc1ccc(O)cc1[N+](=O)[O-]. The van der Waals surface area contributed by atoms with Gasteiger partial charge in [-0.25, -0.2) is 0 Å². The van der Waals surface area contributed by atoms with E-state index in [2.05, 4.69) is 21.2 Å². The Labute approximate surface area is 128 Å². The van der Waals surface area contributed by atoms with Crippen LogP contribution in [0.4, 0.5) is 11.4 Å². The maximum absolute atomic E-state index is 12.2. The third-order valence-corrected chi connectivity index (χ3v) is 3.30. The Morgan fingerprint density at radius 2 is 2.19 bits per heavy atom. The van der Waals surface area contributed by atoms with Crippen LogP contribution < -0.4 is 5.32 Å². The molecule has 1 amide bonds. The van der Waals surface area contributed by atoms with Gasteiger partial charge in [0.1, 0.15) is 17.1 Å². The predicted octanol–water partition coefficient (Wildman–Crippen LogP) is 3.14. The first-order valence-corrected chi connectivity index (χ1v) is 6.86. The van der Waals surface area contributed by atoms with Gasteiger partial charge >= 0.3 is 0 Å². The van der Waals surface area contributed by atoms with Crippen molar-refractivity contribution in [2.45, 2.75) is 13.5 Å². The molecule has 2 rings (SSSR count). The average Bonchev–Trinajstić information content (AvgIpc) is 2.81. The largest absolute Gasteiger partial charge is 0.508 e. The maximum atomic E-state index is 12.2. The van der Waals surface area contributed by atoms with Crippen molar-refractivity contribution in [3.05, 3.63) is 50.7 Å². The Morgan fingerprint density at radius 1 is 1.48 bits per heavy atom. The van der Waals surface area contributed by atoms with Gasteiger partial charge in [0.2, 0.25) is 0 Å². The molecule has 1 aromatic heterocycles. The zero-order valence-corrected chi connectivity index (χ0v) is 12.6. The molecular weight excluding hydrogens is 342 g/mol. The Bertz CT molecular complexity index is 711. The molecule has 1 heterocycles. The zero-order valence-electron chi connectivity index (χ0n) is 11.0. The van der Waals surface area contributed by atoms with Crippen molar-refractivity contribution in [2.24, 2.45) is 0 Å². The molecule has 110 valence electrons. The molecule has 0 saturated carbocycles. The summed E-state index contributed by atoms with van der Waals surface area (Å²) in [4.78, 5) is 22.5. The summed E-state index contributed by atoms with van der Waals surface area (Å²) in [5, 5.41) is 22.7. The molecule has 0 unspecified atom stereocenters. The number of aryl methyl sites for hydroxylation is 1. The Kier molecular flexibility index (Phi) is 4.27. The highest BCUT2D eigenvalue weighted by Gasteiger charge is 2.19. The second-order valence-corrected chi connectivity index (χ2v) is 5.16. The van der Waals surface area contributed by atoms with Crippen LogP contribution in [0.15, 0.2) is 34.9 Å². The van der Waals surface area contributed by atoms with Gasteiger partial charge in [0.25, 0.3) is 11.6 Å². The number of phenolic OH excluding ortho intramolecular Hbond substituents is 1. The van der Waals surface area contributed by atoms with E-state index in [-0.39, 0.29) is 17.1 Å². The highest BCUT2D eigenvalue weighted by atomic mass is 79.9. The van der Waals surface area contributed by atoms with Crippen molar-refractivity contribution in [3.8, 4) is 5.75 Å². The fraction of sp³-hybridized carbons (Fsp3) is 0.154. The number of halogens is 1. The van der Waals surface area contributed by atoms with E-state index in [1.165, 1.54) is 12.1 Å². The standard InChI is InChI=1S/C13H12BrN3O4/c1-2-16-7-8(14)5-12(16)13(19)15-10-4-3-9(18)6-11(10)17(20)21/h3-7,18H,2H2,1H3,(H,15,19). The zero-order chi connectivity index (χ0) is 15.6. The lowest BCUT2D eigenvalue weighted by Gasteiger charge is -2.08. The number of nitrogens with one attached hydrogen (secondary N) is 1. The number of benzene rings is 1. The van der Waals surface area contributed by atoms with Crippen LogP contribution in [0, 0.1) is 10.1 Å². The normalized spacial score (nSPS) is 10.4. The highest BCUT2D eigenvalue weighted by molar-refractivity contribution is 9.10. The van der Waals surface area contributed by atoms with E-state index in [9.17, 15) is 20.0 Å². The highest BCUT2D eigenvalue weighted by Crippen LogP contribution is 2.29. The summed E-state index contributed by atoms with van der Waals surface area (Å²) >= 11 is 3.28. The van der Waals surface area contributed by atoms with E-state index >= 15 is 0 Å². The first-order chi connectivity index (χ1) is 9.92. The lowest BCUT2D eigenvalue weighted by Crippen LogP contribution is -2.17. The summed E-state index contributed by atoms with van der Waals surface area (Å²) < 4.78 is 2.46. The van der Waals surface area contributed by atoms with Gasteiger partial charge in [-0.1, -0.05) is 0 Å². The molecule has 2 aromatic rings. The van der Waals surface area contributed by atoms with Crippen molar-refractivity contribution in [1.82, 2.24) is 4.57 Å². The average molecular weight is 354 g/mol. The number of anilines is 1. The van der Waals surface area contributed by atoms with Crippen molar-refractivity contribution in [2.75, 3.05) is 5.32 Å². The summed E-state index contributed by atoms with van der Waals surface area (Å²) in [5.74, 6) is -0.698. The molecule has 0 aliphatic carbocycles. The fourth-order valence-corrected chi connectivity index (χ4v) is 2.35. The summed E-state index contributed by atoms with van der Waals surface area (Å²) in [5.41, 5.74) is 0.0477. The van der Waals surface area contributed by atoms with E-state index in [1.54, 1.807) is 16.8 Å². The molecular formula is C13H12BrN3O4. The molecule has 2 N–H and O–H groups in total. The number of hydrogen-bond acceptors (Lipinski definition) is 4. The van der Waals surface area contributed by atoms with E-state index in [4.69, 9.17) is 0 Å². The monoisotopic (exact) mass is 353 g/mol. The van der Waals surface area contributed by atoms with E-state index in [1.807, 2.05) is 6.92 Å². The van der Waals surface area contributed by atoms with Gasteiger partial charge in [-0.2, -0.15) is 0 Å². The molecule has 7 nitrogen and oxygen atoms in total. The van der Waals surface area contributed by atoms with Gasteiger partial charge < -0.3 is 15.0 Å². The van der Waals surface area contributed by atoms with Crippen molar-refractivity contribution in [1.29, 1.82) is 0 Å². The van der Waals surface area contributed by atoms with Crippen molar-refractivity contribution in [3.63, 3.8) is 0 Å². The Hall–Kier alpha value is -2.35. The Morgan fingerprint density at radius 3 is 2.81 bits per heavy atom. The van der Waals surface area contributed by atoms with Crippen LogP contribution in [0.5, 0.6) is 5.75 Å². The summed E-state index contributed by atoms with van der Waals surface area (Å²) in [6.07, 6.45) is 1.75. The third kappa shape index (κ3) is 3.22. The Balaban J connectivity index is 2.33. The molecule has 0 fully saturated rings. The summed E-state index contributed by atoms with van der Waals surface area (Å²) in [6, 6.07) is 5.19. The van der Waals surface area contributed by atoms with Crippen LogP contribution in [-0.2, 0) is 6.54 Å². The van der Waals surface area contributed by atoms with Crippen LogP contribution in [-0.4, -0.2) is 20.5 Å². The van der Waals surface area contributed by atoms with Crippen LogP contribution in [0.25, 0.3) is 0 Å². The van der Waals surface area contributed by atoms with Crippen molar-refractivity contribution < 1.29 is 14.8 Å². The molecule has 8 heteroatoms. The molecule has 0 saturated heterocycles. The van der Waals surface area contributed by atoms with Crippen LogP contribution in [0.2, 0.25) is 0 Å². The van der Waals surface area contributed by atoms with Gasteiger partial charge in [0.05, 0.1) is 11.0 Å². The van der Waals surface area contributed by atoms with Crippen LogP contribution >= 0.6 is 15.9 Å². The fourth-order valence-electron chi connectivity index (χ4n) is 1.89. The number of nitro benzene ring substituents is 1. The van der Waals surface area contributed by atoms with Gasteiger partial charge in [0.15, 0.2) is 0 Å². The first kappa shape index (κ1) is 15.0. The van der Waals surface area contributed by atoms with Crippen LogP contribution in [0.1, 0.15) is 17.4 Å². The van der Waals surface area contributed by atoms with E-state index in [0.717, 1.165) is 10.5 Å². The summed E-state index contributed by atoms with van der Waals surface area (Å²) in [6.45, 7) is 2.47. The smallest absolute Gasteiger partial charge is 0.296 e. The number of aromatic nitrogens is 1. The number of amides is 1. The molecule has 0 atom stereocenters. The number of carbonyl (C=O) groups excluding carboxylic acids is 1. The molecule has 0 aliphatic rings. The van der Waals surface area contributed by atoms with E-state index in [0.29, 0.717) is 12.2 Å². The molecule has 21 heavy (non-hydrogen) atoms. The lowest BCUT2D eigenvalue weighted by molar-refractivity contribution is -0.384. The number of nitrogens with zero attached hydrogens (tertiary/aromatic N) is 2. The first-order valence-electron chi connectivity index (χ1n) is 6.06. The number of hydrogen-bond donors (Lipinski definition) is 2. The van der Waals surface area contributed by atoms with Gasteiger partial charge in [-0.15, -0.1) is 0 Å². The number of carbonyl (C=O) groups is 1.